The Hall–Kier alpha value is -3.57. The van der Waals surface area contributed by atoms with Crippen LogP contribution in [0.3, 0.4) is 0 Å². The van der Waals surface area contributed by atoms with Crippen LogP contribution in [0.5, 0.6) is 5.75 Å². The fourth-order valence-corrected chi connectivity index (χ4v) is 4.27. The number of likely N-dealkylation sites (tertiary alicyclic amines) is 1. The van der Waals surface area contributed by atoms with Crippen molar-refractivity contribution in [3.05, 3.63) is 41.5 Å². The first kappa shape index (κ1) is 23.6. The molecule has 0 unspecified atom stereocenters. The van der Waals surface area contributed by atoms with E-state index >= 15 is 0 Å². The number of aromatic nitrogens is 4. The molecule has 1 saturated heterocycles. The summed E-state index contributed by atoms with van der Waals surface area (Å²) in [5.41, 5.74) is 0.619. The predicted molar refractivity (Wildman–Crippen MR) is 116 cm³/mol. The Kier molecular flexibility index (Phi) is 6.00. The molecule has 1 aliphatic heterocycles. The van der Waals surface area contributed by atoms with E-state index in [4.69, 9.17) is 4.74 Å². The van der Waals surface area contributed by atoms with E-state index in [-0.39, 0.29) is 23.6 Å². The van der Waals surface area contributed by atoms with Gasteiger partial charge in [-0.25, -0.2) is 4.98 Å². The number of fused-ring (bicyclic) bond motifs is 1. The molecule has 1 aromatic carbocycles. The van der Waals surface area contributed by atoms with Crippen molar-refractivity contribution in [2.75, 3.05) is 20.2 Å². The molecule has 2 aromatic heterocycles. The number of nitrogens with zero attached hydrogens (tertiary/aromatic N) is 5. The number of halogens is 3. The number of carbonyl (C=O) groups excluding carboxylic acids is 2. The molecule has 34 heavy (non-hydrogen) atoms. The van der Waals surface area contributed by atoms with E-state index in [1.165, 1.54) is 14.2 Å². The van der Waals surface area contributed by atoms with Crippen LogP contribution in [-0.2, 0) is 20.3 Å². The molecule has 0 aliphatic carbocycles. The smallest absolute Gasteiger partial charge is 0.435 e. The summed E-state index contributed by atoms with van der Waals surface area (Å²) in [6.07, 6.45) is -2.51. The highest BCUT2D eigenvalue weighted by molar-refractivity contribution is 5.99. The molecule has 1 fully saturated rings. The van der Waals surface area contributed by atoms with Gasteiger partial charge < -0.3 is 19.5 Å². The summed E-state index contributed by atoms with van der Waals surface area (Å²) in [5, 5.41) is 6.18. The normalized spacial score (nSPS) is 18.9. The maximum atomic E-state index is 13.2. The molecule has 12 heteroatoms. The van der Waals surface area contributed by atoms with Crippen LogP contribution in [0.15, 0.2) is 24.5 Å². The molecule has 1 N–H and O–H groups in total. The molecule has 2 atom stereocenters. The van der Waals surface area contributed by atoms with Gasteiger partial charge in [0.2, 0.25) is 0 Å². The van der Waals surface area contributed by atoms with E-state index in [9.17, 15) is 22.8 Å². The fraction of sp³-hybridized carbons (Fsp3) is 0.455. The molecule has 4 rings (SSSR count). The number of amides is 2. The van der Waals surface area contributed by atoms with Crippen molar-refractivity contribution in [2.45, 2.75) is 25.6 Å². The lowest BCUT2D eigenvalue weighted by molar-refractivity contribution is -0.141. The summed E-state index contributed by atoms with van der Waals surface area (Å²) in [5.74, 6) is -0.404. The van der Waals surface area contributed by atoms with E-state index in [1.54, 1.807) is 23.4 Å². The van der Waals surface area contributed by atoms with Crippen molar-refractivity contribution in [2.24, 2.45) is 20.0 Å². The summed E-state index contributed by atoms with van der Waals surface area (Å²) in [7, 11) is 4.65. The minimum absolute atomic E-state index is 0.112. The van der Waals surface area contributed by atoms with E-state index in [2.05, 4.69) is 15.4 Å². The summed E-state index contributed by atoms with van der Waals surface area (Å²) in [4.78, 5) is 31.8. The molecular formula is C22H25F3N6O3. The lowest BCUT2D eigenvalue weighted by Crippen LogP contribution is -2.51. The number of hydrogen-bond donors (Lipinski definition) is 1. The number of hydrogen-bond acceptors (Lipinski definition) is 5. The minimum atomic E-state index is -4.63. The second-order valence-corrected chi connectivity index (χ2v) is 8.53. The topological polar surface area (TPSA) is 94.3 Å². The second kappa shape index (κ2) is 8.65. The lowest BCUT2D eigenvalue weighted by Gasteiger charge is -2.37. The van der Waals surface area contributed by atoms with Crippen molar-refractivity contribution in [3.63, 3.8) is 0 Å². The molecule has 0 spiro atoms. The average molecular weight is 478 g/mol. The largest absolute Gasteiger partial charge is 0.494 e. The lowest BCUT2D eigenvalue weighted by atomic mass is 9.93. The molecule has 0 radical (unpaired) electrons. The highest BCUT2D eigenvalue weighted by Gasteiger charge is 2.36. The van der Waals surface area contributed by atoms with Gasteiger partial charge in [0, 0.05) is 44.9 Å². The van der Waals surface area contributed by atoms with Crippen LogP contribution >= 0.6 is 0 Å². The van der Waals surface area contributed by atoms with Gasteiger partial charge in [0.15, 0.2) is 5.69 Å². The predicted octanol–water partition coefficient (Wildman–Crippen LogP) is 2.61. The monoisotopic (exact) mass is 478 g/mol. The Labute approximate surface area is 193 Å². The number of ether oxygens (including phenoxy) is 1. The first-order valence-corrected chi connectivity index (χ1v) is 10.7. The Morgan fingerprint density at radius 2 is 1.94 bits per heavy atom. The molecular weight excluding hydrogens is 453 g/mol. The van der Waals surface area contributed by atoms with Gasteiger partial charge in [-0.1, -0.05) is 6.92 Å². The van der Waals surface area contributed by atoms with Crippen molar-refractivity contribution in [1.29, 1.82) is 0 Å². The number of methoxy groups -OCH3 is 1. The Bertz CT molecular complexity index is 1250. The molecule has 9 nitrogen and oxygen atoms in total. The van der Waals surface area contributed by atoms with Crippen molar-refractivity contribution in [3.8, 4) is 5.75 Å². The van der Waals surface area contributed by atoms with Gasteiger partial charge in [-0.05, 0) is 24.5 Å². The number of aryl methyl sites for hydroxylation is 2. The second-order valence-electron chi connectivity index (χ2n) is 8.53. The summed E-state index contributed by atoms with van der Waals surface area (Å²) < 4.78 is 46.8. The maximum absolute atomic E-state index is 13.2. The van der Waals surface area contributed by atoms with E-state index in [0.717, 1.165) is 16.3 Å². The highest BCUT2D eigenvalue weighted by atomic mass is 19.4. The number of benzene rings is 1. The maximum Gasteiger partial charge on any atom is 0.435 e. The van der Waals surface area contributed by atoms with Gasteiger partial charge >= 0.3 is 6.18 Å². The minimum Gasteiger partial charge on any atom is -0.494 e. The number of imidazole rings is 1. The molecule has 3 heterocycles. The fourth-order valence-electron chi connectivity index (χ4n) is 4.27. The Morgan fingerprint density at radius 1 is 1.21 bits per heavy atom. The van der Waals surface area contributed by atoms with Crippen LogP contribution in [0.25, 0.3) is 11.0 Å². The third kappa shape index (κ3) is 4.31. The number of alkyl halides is 3. The molecule has 182 valence electrons. The quantitative estimate of drug-likeness (QED) is 0.622. The first-order valence-electron chi connectivity index (χ1n) is 10.7. The van der Waals surface area contributed by atoms with Crippen molar-refractivity contribution < 1.29 is 27.5 Å². The third-order valence-corrected chi connectivity index (χ3v) is 6.17. The third-order valence-electron chi connectivity index (χ3n) is 6.17. The summed E-state index contributed by atoms with van der Waals surface area (Å²) in [6, 6.07) is 3.87. The van der Waals surface area contributed by atoms with Crippen LogP contribution in [0.1, 0.15) is 39.9 Å². The molecule has 3 aromatic rings. The number of carbonyl (C=O) groups is 2. The average Bonchev–Trinajstić information content (AvgIpc) is 3.37. The number of nitrogens with one attached hydrogen (secondary N) is 1. The molecule has 2 amide bonds. The van der Waals surface area contributed by atoms with E-state index in [1.807, 2.05) is 18.5 Å². The van der Waals surface area contributed by atoms with Crippen LogP contribution in [0.2, 0.25) is 0 Å². The van der Waals surface area contributed by atoms with Gasteiger partial charge in [-0.3, -0.25) is 14.3 Å². The van der Waals surface area contributed by atoms with Crippen molar-refractivity contribution in [1.82, 2.24) is 29.5 Å². The highest BCUT2D eigenvalue weighted by Crippen LogP contribution is 2.29. The molecule has 1 aliphatic rings. The zero-order chi connectivity index (χ0) is 24.8. The van der Waals surface area contributed by atoms with Crippen molar-refractivity contribution >= 4 is 22.8 Å². The first-order chi connectivity index (χ1) is 16.0. The van der Waals surface area contributed by atoms with Crippen LogP contribution in [0.4, 0.5) is 13.2 Å². The Morgan fingerprint density at radius 3 is 2.56 bits per heavy atom. The number of piperidine rings is 1. The zero-order valence-electron chi connectivity index (χ0n) is 19.2. The SMILES string of the molecule is COc1cc(C(=O)N2CC[C@@H](NC(=O)c3cc(C(F)(F)F)nn3C)[C@@H](C)C2)cc2c1ncn2C. The van der Waals surface area contributed by atoms with Gasteiger partial charge in [0.05, 0.1) is 19.0 Å². The Balaban J connectivity index is 1.45. The summed E-state index contributed by atoms with van der Waals surface area (Å²) >= 11 is 0. The van der Waals surface area contributed by atoms with Crippen LogP contribution < -0.4 is 10.1 Å². The standard InChI is InChI=1S/C22H25F3N6O3/c1-12-10-31(21(33)13-7-15-19(17(8-13)34-4)26-11-29(15)2)6-5-14(12)27-20(32)16-9-18(22(23,24)25)28-30(16)3/h7-9,11-12,14H,5-6,10H2,1-4H3,(H,27,32)/t12-,14+/m0/s1. The van der Waals surface area contributed by atoms with Gasteiger partial charge in [0.25, 0.3) is 11.8 Å². The van der Waals surface area contributed by atoms with Crippen LogP contribution in [-0.4, -0.2) is 62.3 Å². The van der Waals surface area contributed by atoms with Gasteiger partial charge in [-0.15, -0.1) is 0 Å². The number of rotatable bonds is 4. The van der Waals surface area contributed by atoms with E-state index in [0.29, 0.717) is 36.3 Å². The van der Waals surface area contributed by atoms with Gasteiger partial charge in [-0.2, -0.15) is 18.3 Å². The molecule has 0 bridgehead atoms. The molecule has 0 saturated carbocycles. The zero-order valence-corrected chi connectivity index (χ0v) is 19.2. The van der Waals surface area contributed by atoms with Crippen LogP contribution in [0, 0.1) is 5.92 Å². The summed E-state index contributed by atoms with van der Waals surface area (Å²) in [6.45, 7) is 2.66. The van der Waals surface area contributed by atoms with E-state index < -0.39 is 17.8 Å². The van der Waals surface area contributed by atoms with Gasteiger partial charge in [0.1, 0.15) is 17.0 Å².